The van der Waals surface area contributed by atoms with Crippen LogP contribution in [0.15, 0.2) is 11.8 Å². The van der Waals surface area contributed by atoms with Crippen LogP contribution in [0.2, 0.25) is 0 Å². The van der Waals surface area contributed by atoms with Crippen LogP contribution in [0.4, 0.5) is 0 Å². The number of carbonyl (C=O) groups excluding carboxylic acids is 2. The van der Waals surface area contributed by atoms with Gasteiger partial charge >= 0.3 is 5.97 Å². The minimum atomic E-state index is -0.371. The molecule has 1 saturated heterocycles. The molecule has 0 spiro atoms. The zero-order chi connectivity index (χ0) is 14.5. The van der Waals surface area contributed by atoms with Gasteiger partial charge in [0.2, 0.25) is 5.78 Å². The molecule has 0 aromatic rings. The second-order valence-electron chi connectivity index (χ2n) is 6.71. The summed E-state index contributed by atoms with van der Waals surface area (Å²) in [6.45, 7) is 4.19. The minimum absolute atomic E-state index is 0.00192. The number of allylic oxidation sites excluding steroid dienone is 2. The molecule has 0 bridgehead atoms. The normalized spacial score (nSPS) is 44.0. The largest absolute Gasteiger partial charge is 0.493 e. The van der Waals surface area contributed by atoms with Crippen LogP contribution in [0.1, 0.15) is 39.5 Å². The summed E-state index contributed by atoms with van der Waals surface area (Å²) in [7, 11) is 1.56. The zero-order valence-electron chi connectivity index (χ0n) is 12.3. The first-order chi connectivity index (χ1) is 9.45. The van der Waals surface area contributed by atoms with Gasteiger partial charge in [0.25, 0.3) is 0 Å². The molecule has 0 amide bonds. The first kappa shape index (κ1) is 13.7. The van der Waals surface area contributed by atoms with Crippen molar-refractivity contribution < 1.29 is 19.1 Å². The summed E-state index contributed by atoms with van der Waals surface area (Å²) >= 11 is 0. The number of Topliss-reactive ketones (excluding diaryl/α,β-unsaturated/α-hetero) is 1. The Bertz CT molecular complexity index is 481. The van der Waals surface area contributed by atoms with Crippen molar-refractivity contribution >= 4 is 11.8 Å². The third-order valence-corrected chi connectivity index (χ3v) is 5.53. The van der Waals surface area contributed by atoms with Gasteiger partial charge in [0.1, 0.15) is 6.10 Å². The van der Waals surface area contributed by atoms with E-state index < -0.39 is 0 Å². The van der Waals surface area contributed by atoms with Crippen LogP contribution >= 0.6 is 0 Å². The Labute approximate surface area is 119 Å². The number of fused-ring (bicyclic) bond motifs is 2. The van der Waals surface area contributed by atoms with Crippen molar-refractivity contribution in [1.82, 2.24) is 0 Å². The predicted molar refractivity (Wildman–Crippen MR) is 72.7 cm³/mol. The molecule has 1 aliphatic heterocycles. The monoisotopic (exact) mass is 278 g/mol. The molecule has 0 radical (unpaired) electrons. The third-order valence-electron chi connectivity index (χ3n) is 5.53. The van der Waals surface area contributed by atoms with E-state index >= 15 is 0 Å². The van der Waals surface area contributed by atoms with E-state index in [1.807, 2.05) is 6.08 Å². The Morgan fingerprint density at radius 2 is 2.15 bits per heavy atom. The summed E-state index contributed by atoms with van der Waals surface area (Å²) in [6, 6.07) is 0. The van der Waals surface area contributed by atoms with Gasteiger partial charge in [-0.05, 0) is 43.1 Å². The number of hydrogen-bond donors (Lipinski definition) is 0. The SMILES string of the molecule is COC1=CC(C)C2CC3OC(=O)CCC3CC2(C)C1=O. The van der Waals surface area contributed by atoms with Crippen LogP contribution < -0.4 is 0 Å². The number of carbonyl (C=O) groups is 2. The lowest BCUT2D eigenvalue weighted by atomic mass is 9.54. The van der Waals surface area contributed by atoms with Crippen LogP contribution in [-0.4, -0.2) is 25.0 Å². The van der Waals surface area contributed by atoms with Gasteiger partial charge in [0.05, 0.1) is 7.11 Å². The van der Waals surface area contributed by atoms with Gasteiger partial charge in [-0.2, -0.15) is 0 Å². The molecule has 110 valence electrons. The lowest BCUT2D eigenvalue weighted by molar-refractivity contribution is -0.171. The number of esters is 1. The topological polar surface area (TPSA) is 52.6 Å². The van der Waals surface area contributed by atoms with Gasteiger partial charge in [-0.15, -0.1) is 0 Å². The van der Waals surface area contributed by atoms with Crippen LogP contribution in [-0.2, 0) is 19.1 Å². The number of hydrogen-bond acceptors (Lipinski definition) is 4. The molecule has 5 unspecified atom stereocenters. The van der Waals surface area contributed by atoms with Crippen molar-refractivity contribution in [1.29, 1.82) is 0 Å². The molecule has 5 atom stereocenters. The van der Waals surface area contributed by atoms with Crippen molar-refractivity contribution in [3.63, 3.8) is 0 Å². The number of rotatable bonds is 1. The second-order valence-corrected chi connectivity index (χ2v) is 6.71. The molecule has 4 nitrogen and oxygen atoms in total. The van der Waals surface area contributed by atoms with Crippen molar-refractivity contribution in [3.05, 3.63) is 11.8 Å². The van der Waals surface area contributed by atoms with Gasteiger partial charge in [0, 0.05) is 11.8 Å². The van der Waals surface area contributed by atoms with Crippen molar-refractivity contribution in [2.24, 2.45) is 23.2 Å². The first-order valence-corrected chi connectivity index (χ1v) is 7.46. The summed E-state index contributed by atoms with van der Waals surface area (Å²) in [5.74, 6) is 1.37. The molecular formula is C16H22O4. The number of ether oxygens (including phenoxy) is 2. The molecule has 4 heteroatoms. The molecule has 0 aromatic heterocycles. The van der Waals surface area contributed by atoms with E-state index in [1.165, 1.54) is 0 Å². The standard InChI is InChI=1S/C16H22O4/c1-9-6-13(19-3)15(18)16(2)8-10-4-5-14(17)20-12(10)7-11(9)16/h6,9-12H,4-5,7-8H2,1-3H3. The molecule has 20 heavy (non-hydrogen) atoms. The lowest BCUT2D eigenvalue weighted by Gasteiger charge is -2.51. The summed E-state index contributed by atoms with van der Waals surface area (Å²) in [5.41, 5.74) is -0.371. The molecule has 2 fully saturated rings. The smallest absolute Gasteiger partial charge is 0.306 e. The second kappa shape index (κ2) is 4.61. The highest BCUT2D eigenvalue weighted by Gasteiger charge is 2.55. The lowest BCUT2D eigenvalue weighted by Crippen LogP contribution is -2.53. The maximum Gasteiger partial charge on any atom is 0.306 e. The maximum absolute atomic E-state index is 12.7. The maximum atomic E-state index is 12.7. The molecule has 3 aliphatic rings. The third kappa shape index (κ3) is 1.88. The molecule has 2 aliphatic carbocycles. The van der Waals surface area contributed by atoms with E-state index in [1.54, 1.807) is 7.11 Å². The van der Waals surface area contributed by atoms with Crippen LogP contribution in [0.25, 0.3) is 0 Å². The van der Waals surface area contributed by atoms with Crippen molar-refractivity contribution in [2.75, 3.05) is 7.11 Å². The van der Waals surface area contributed by atoms with Crippen molar-refractivity contribution in [3.8, 4) is 0 Å². The average Bonchev–Trinajstić information content (AvgIpc) is 2.42. The Balaban J connectivity index is 1.92. The molecular weight excluding hydrogens is 256 g/mol. The average molecular weight is 278 g/mol. The van der Waals surface area contributed by atoms with Crippen LogP contribution in [0, 0.1) is 23.2 Å². The van der Waals surface area contributed by atoms with Crippen LogP contribution in [0.3, 0.4) is 0 Å². The first-order valence-electron chi connectivity index (χ1n) is 7.46. The highest BCUT2D eigenvalue weighted by atomic mass is 16.5. The van der Waals surface area contributed by atoms with Crippen molar-refractivity contribution in [2.45, 2.75) is 45.6 Å². The zero-order valence-corrected chi connectivity index (χ0v) is 12.3. The highest BCUT2D eigenvalue weighted by Crippen LogP contribution is 2.54. The van der Waals surface area contributed by atoms with Gasteiger partial charge in [0.15, 0.2) is 5.76 Å². The summed E-state index contributed by atoms with van der Waals surface area (Å²) < 4.78 is 10.8. The Morgan fingerprint density at radius 1 is 1.40 bits per heavy atom. The minimum Gasteiger partial charge on any atom is -0.493 e. The van der Waals surface area contributed by atoms with E-state index in [-0.39, 0.29) is 35.1 Å². The van der Waals surface area contributed by atoms with E-state index in [2.05, 4.69) is 13.8 Å². The summed E-state index contributed by atoms with van der Waals surface area (Å²) in [4.78, 5) is 24.2. The van der Waals surface area contributed by atoms with Gasteiger partial charge in [-0.3, -0.25) is 9.59 Å². The molecule has 3 rings (SSSR count). The van der Waals surface area contributed by atoms with Gasteiger partial charge in [-0.1, -0.05) is 13.8 Å². The van der Waals surface area contributed by atoms with E-state index in [0.717, 1.165) is 19.3 Å². The van der Waals surface area contributed by atoms with Gasteiger partial charge in [-0.25, -0.2) is 0 Å². The molecule has 1 heterocycles. The van der Waals surface area contributed by atoms with E-state index in [4.69, 9.17) is 9.47 Å². The molecule has 1 saturated carbocycles. The summed E-state index contributed by atoms with van der Waals surface area (Å²) in [6.07, 6.45) is 4.87. The fourth-order valence-electron chi connectivity index (χ4n) is 4.42. The highest BCUT2D eigenvalue weighted by molar-refractivity contribution is 5.99. The Kier molecular flexibility index (Phi) is 3.14. The number of methoxy groups -OCH3 is 1. The number of ketones is 1. The Morgan fingerprint density at radius 3 is 2.85 bits per heavy atom. The Hall–Kier alpha value is -1.32. The van der Waals surface area contributed by atoms with Crippen LogP contribution in [0.5, 0.6) is 0 Å². The summed E-state index contributed by atoms with van der Waals surface area (Å²) in [5, 5.41) is 0. The fourth-order valence-corrected chi connectivity index (χ4v) is 4.42. The van der Waals surface area contributed by atoms with E-state index in [9.17, 15) is 9.59 Å². The predicted octanol–water partition coefficient (Wildman–Crippen LogP) is 2.47. The molecule has 0 aromatic carbocycles. The van der Waals surface area contributed by atoms with Gasteiger partial charge < -0.3 is 9.47 Å². The van der Waals surface area contributed by atoms with E-state index in [0.29, 0.717) is 18.1 Å². The fraction of sp³-hybridized carbons (Fsp3) is 0.750. The molecule has 0 N–H and O–H groups in total. The quantitative estimate of drug-likeness (QED) is 0.691.